The minimum absolute atomic E-state index is 0.202. The van der Waals surface area contributed by atoms with E-state index in [-0.39, 0.29) is 13.4 Å². The summed E-state index contributed by atoms with van der Waals surface area (Å²) in [4.78, 5) is 12.1. The zero-order valence-electron chi connectivity index (χ0n) is 48.3. The van der Waals surface area contributed by atoms with Crippen LogP contribution < -0.4 is 66.8 Å². The maximum absolute atomic E-state index is 7.67. The Balaban J connectivity index is 0.939. The first kappa shape index (κ1) is 50.6. The first-order chi connectivity index (χ1) is 44.2. The van der Waals surface area contributed by atoms with Gasteiger partial charge in [0.2, 0.25) is 0 Å². The number of hydrogen-bond acceptors (Lipinski definition) is 7. The lowest BCUT2D eigenvalue weighted by Crippen LogP contribution is -2.63. The van der Waals surface area contributed by atoms with Crippen molar-refractivity contribution in [2.45, 2.75) is 0 Å². The molecule has 0 amide bonds. The van der Waals surface area contributed by atoms with Crippen LogP contribution in [0.4, 0.5) is 85.3 Å². The summed E-state index contributed by atoms with van der Waals surface area (Å²) in [7, 11) is 0. The van der Waals surface area contributed by atoms with Crippen LogP contribution in [0.2, 0.25) is 0 Å². The summed E-state index contributed by atoms with van der Waals surface area (Å²) in [5.41, 5.74) is 24.7. The van der Waals surface area contributed by atoms with E-state index in [9.17, 15) is 0 Å². The van der Waals surface area contributed by atoms with Crippen molar-refractivity contribution in [1.29, 1.82) is 0 Å². The van der Waals surface area contributed by atoms with Gasteiger partial charge >= 0.3 is 0 Å². The van der Waals surface area contributed by atoms with Crippen molar-refractivity contribution in [1.82, 2.24) is 0 Å². The minimum Gasteiger partial charge on any atom is -0.458 e. The molecule has 0 unspecified atom stereocenters. The highest BCUT2D eigenvalue weighted by atomic mass is 16.5. The lowest BCUT2D eigenvalue weighted by atomic mass is 9.30. The zero-order chi connectivity index (χ0) is 58.5. The molecule has 0 aliphatic carbocycles. The number of para-hydroxylation sites is 9. The van der Waals surface area contributed by atoms with Crippen molar-refractivity contribution < 1.29 is 9.47 Å². The van der Waals surface area contributed by atoms with Crippen molar-refractivity contribution in [3.63, 3.8) is 0 Å². The Labute approximate surface area is 518 Å². The summed E-state index contributed by atoms with van der Waals surface area (Å²) in [6.45, 7) is -0.476. The van der Waals surface area contributed by atoms with Crippen LogP contribution in [0, 0.1) is 0 Å². The standard InChI is InChI=1S/C80H53B2N5O2/c1-8-27-56(28-9-1)83(57-29-10-2-11-30-57)63-47-73-79-77(49-63)88-75-43-25-23-41-65(75)81(79)66-51-67-72(52-71(66)86(73)61-37-18-6-19-38-61)87(62-39-20-7-21-40-62)74-48-64(84(58-31-12-3-13-32-58)59-33-14-4-15-34-59)50-78-80(74)82(67)68-46-55-45-44-54-26-22-24-42-69(54)85(60-35-16-5-17-36-60)70(55)53-76(68)89-78/h1-53H. The minimum atomic E-state index is -0.275. The third kappa shape index (κ3) is 8.16. The van der Waals surface area contributed by atoms with Gasteiger partial charge in [0.25, 0.3) is 13.4 Å². The second kappa shape index (κ2) is 20.5. The van der Waals surface area contributed by atoms with E-state index in [0.717, 1.165) is 141 Å². The van der Waals surface area contributed by atoms with Gasteiger partial charge in [-0.1, -0.05) is 188 Å². The molecular weight excluding hydrogens is 1080 g/mol. The van der Waals surface area contributed by atoms with Crippen molar-refractivity contribution in [3.8, 4) is 23.0 Å². The monoisotopic (exact) mass is 1140 g/mol. The quantitative estimate of drug-likeness (QED) is 0.133. The van der Waals surface area contributed by atoms with Gasteiger partial charge in [-0.05, 0) is 159 Å². The number of nitrogens with zero attached hydrogens (tertiary/aromatic N) is 5. The molecule has 13 aromatic rings. The normalized spacial score (nSPS) is 13.2. The van der Waals surface area contributed by atoms with Crippen LogP contribution >= 0.6 is 0 Å². The van der Waals surface area contributed by atoms with Crippen molar-refractivity contribution in [3.05, 3.63) is 321 Å². The van der Waals surface area contributed by atoms with Gasteiger partial charge in [0.05, 0.1) is 22.7 Å². The predicted molar refractivity (Wildman–Crippen MR) is 371 cm³/mol. The van der Waals surface area contributed by atoms with E-state index in [1.54, 1.807) is 0 Å². The highest BCUT2D eigenvalue weighted by molar-refractivity contribution is 7.02. The Bertz CT molecular complexity index is 4870. The number of fused-ring (bicyclic) bond motifs is 10. The van der Waals surface area contributed by atoms with E-state index in [1.165, 1.54) is 10.9 Å². The Morgan fingerprint density at radius 3 is 1.12 bits per heavy atom. The average Bonchev–Trinajstić information content (AvgIpc) is 0.887. The Morgan fingerprint density at radius 1 is 0.236 bits per heavy atom. The summed E-state index contributed by atoms with van der Waals surface area (Å²) in [5, 5.41) is 0. The molecule has 5 heterocycles. The highest BCUT2D eigenvalue weighted by Gasteiger charge is 2.48. The Hall–Kier alpha value is -11.7. The predicted octanol–water partition coefficient (Wildman–Crippen LogP) is 17.4. The second-order valence-corrected chi connectivity index (χ2v) is 23.2. The fourth-order valence-corrected chi connectivity index (χ4v) is 14.5. The molecule has 5 aliphatic heterocycles. The van der Waals surface area contributed by atoms with Crippen LogP contribution in [0.5, 0.6) is 23.0 Å². The third-order valence-corrected chi connectivity index (χ3v) is 18.2. The van der Waals surface area contributed by atoms with E-state index in [2.05, 4.69) is 346 Å². The van der Waals surface area contributed by atoms with Crippen LogP contribution in [0.25, 0.3) is 12.2 Å². The van der Waals surface area contributed by atoms with E-state index < -0.39 is 0 Å². The fourth-order valence-electron chi connectivity index (χ4n) is 14.5. The van der Waals surface area contributed by atoms with Gasteiger partial charge in [0, 0.05) is 80.8 Å². The van der Waals surface area contributed by atoms with E-state index in [4.69, 9.17) is 9.47 Å². The molecular formula is C80H53B2N5O2. The molecule has 0 N–H and O–H groups in total. The van der Waals surface area contributed by atoms with E-state index >= 15 is 0 Å². The number of hydrogen-bond donors (Lipinski definition) is 0. The summed E-state index contributed by atoms with van der Waals surface area (Å²) in [6.07, 6.45) is 4.56. The highest BCUT2D eigenvalue weighted by Crippen LogP contribution is 2.52. The lowest BCUT2D eigenvalue weighted by Gasteiger charge is -2.45. The second-order valence-electron chi connectivity index (χ2n) is 23.2. The molecule has 0 aromatic heterocycles. The van der Waals surface area contributed by atoms with Crippen LogP contribution in [0.15, 0.2) is 309 Å². The molecule has 5 aliphatic rings. The first-order valence-electron chi connectivity index (χ1n) is 30.5. The third-order valence-electron chi connectivity index (χ3n) is 18.2. The van der Waals surface area contributed by atoms with Crippen LogP contribution in [-0.2, 0) is 0 Å². The zero-order valence-corrected chi connectivity index (χ0v) is 48.3. The molecule has 0 saturated heterocycles. The molecule has 13 aromatic carbocycles. The van der Waals surface area contributed by atoms with Gasteiger partial charge in [-0.3, -0.25) is 0 Å². The molecule has 0 bridgehead atoms. The Morgan fingerprint density at radius 2 is 0.629 bits per heavy atom. The molecule has 7 nitrogen and oxygen atoms in total. The van der Waals surface area contributed by atoms with Crippen LogP contribution in [0.1, 0.15) is 11.1 Å². The maximum Gasteiger partial charge on any atom is 0.256 e. The molecule has 416 valence electrons. The first-order valence-corrected chi connectivity index (χ1v) is 30.5. The maximum atomic E-state index is 7.67. The van der Waals surface area contributed by atoms with E-state index in [1.807, 2.05) is 0 Å². The number of anilines is 15. The summed E-state index contributed by atoms with van der Waals surface area (Å²) < 4.78 is 14.9. The molecule has 18 rings (SSSR count). The summed E-state index contributed by atoms with van der Waals surface area (Å²) in [6, 6.07) is 112. The topological polar surface area (TPSA) is 34.7 Å². The molecule has 0 atom stereocenters. The molecule has 0 fully saturated rings. The molecule has 0 spiro atoms. The van der Waals surface area contributed by atoms with Crippen molar-refractivity contribution in [2.24, 2.45) is 0 Å². The number of rotatable bonds is 9. The summed E-state index contributed by atoms with van der Waals surface area (Å²) >= 11 is 0. The van der Waals surface area contributed by atoms with Gasteiger partial charge in [0.15, 0.2) is 0 Å². The molecule has 0 radical (unpaired) electrons. The van der Waals surface area contributed by atoms with Gasteiger partial charge in [-0.2, -0.15) is 0 Å². The number of ether oxygens (including phenoxy) is 2. The van der Waals surface area contributed by atoms with Crippen molar-refractivity contribution >= 4 is 144 Å². The van der Waals surface area contributed by atoms with Gasteiger partial charge in [0.1, 0.15) is 23.0 Å². The largest absolute Gasteiger partial charge is 0.458 e. The summed E-state index contributed by atoms with van der Waals surface area (Å²) in [5.74, 6) is 3.28. The van der Waals surface area contributed by atoms with E-state index in [0.29, 0.717) is 0 Å². The van der Waals surface area contributed by atoms with Gasteiger partial charge in [-0.25, -0.2) is 0 Å². The van der Waals surface area contributed by atoms with Crippen molar-refractivity contribution in [2.75, 3.05) is 24.5 Å². The van der Waals surface area contributed by atoms with Gasteiger partial charge < -0.3 is 34.0 Å². The molecule has 0 saturated carbocycles. The van der Waals surface area contributed by atoms with Gasteiger partial charge in [-0.15, -0.1) is 0 Å². The van der Waals surface area contributed by atoms with Crippen LogP contribution in [0.3, 0.4) is 0 Å². The number of benzene rings is 13. The van der Waals surface area contributed by atoms with Crippen LogP contribution in [-0.4, -0.2) is 13.4 Å². The lowest BCUT2D eigenvalue weighted by molar-refractivity contribution is 0.487. The smallest absolute Gasteiger partial charge is 0.256 e. The molecule has 9 heteroatoms. The fraction of sp³-hybridized carbons (Fsp3) is 0. The molecule has 89 heavy (non-hydrogen) atoms. The Kier molecular flexibility index (Phi) is 11.7. The SMILES string of the molecule is C1=Cc2cc3c(cc2N(c2ccccc2)c2ccccc21)Oc1cc(N(c2ccccc2)c2ccccc2)cc2c1B3c1cc3c(cc1N2c1ccccc1)N(c1ccccc1)c1cc(N(c2ccccc2)c2ccccc2)cc2c1B3c1ccccc1O2. The average molecular weight is 1140 g/mol.